The van der Waals surface area contributed by atoms with Gasteiger partial charge in [-0.25, -0.2) is 19.9 Å². The number of H-pyrrole nitrogens is 2. The smallest absolute Gasteiger partial charge is 0.114 e. The number of nitrogens with one attached hydrogen (secondary N) is 2. The Kier molecular flexibility index (Phi) is 3.36. The van der Waals surface area contributed by atoms with Gasteiger partial charge in [0.05, 0.1) is 47.0 Å². The molecule has 0 amide bonds. The Labute approximate surface area is 164 Å². The van der Waals surface area contributed by atoms with E-state index in [0.29, 0.717) is 6.42 Å². The van der Waals surface area contributed by atoms with Crippen molar-refractivity contribution < 1.29 is 0 Å². The standard InChI is InChI=1S/C21H16N8/c1-2-4-16-15(3-1)24-19(25-16)11-20-26-17-9-14(28-7-5-22-12-28)10-18(21(17)27-20)29-8-6-23-13-29/h1-10,12-13H,11H2,(H,24,25)(H,26,27). The molecular weight excluding hydrogens is 364 g/mol. The normalized spacial score (nSPS) is 11.6. The van der Waals surface area contributed by atoms with E-state index in [-0.39, 0.29) is 0 Å². The molecule has 0 aliphatic heterocycles. The summed E-state index contributed by atoms with van der Waals surface area (Å²) in [4.78, 5) is 24.7. The van der Waals surface area contributed by atoms with E-state index in [2.05, 4.69) is 37.1 Å². The summed E-state index contributed by atoms with van der Waals surface area (Å²) in [5.74, 6) is 1.73. The zero-order chi connectivity index (χ0) is 19.2. The third kappa shape index (κ3) is 2.69. The maximum Gasteiger partial charge on any atom is 0.114 e. The SMILES string of the molecule is c1ccc2[nH]c(Cc3nc4c(-n5ccnc5)cc(-n5ccnc5)cc4[nH]3)nc2c1. The zero-order valence-electron chi connectivity index (χ0n) is 15.3. The van der Waals surface area contributed by atoms with Crippen molar-refractivity contribution in [2.24, 2.45) is 0 Å². The number of aromatic nitrogens is 8. The minimum absolute atomic E-state index is 0.590. The Bertz CT molecular complexity index is 1390. The van der Waals surface area contributed by atoms with Crippen LogP contribution in [0.5, 0.6) is 0 Å². The predicted octanol–water partition coefficient (Wildman–Crippen LogP) is 3.40. The first-order chi connectivity index (χ1) is 14.3. The van der Waals surface area contributed by atoms with Gasteiger partial charge >= 0.3 is 0 Å². The summed E-state index contributed by atoms with van der Waals surface area (Å²) in [6, 6.07) is 12.2. The highest BCUT2D eigenvalue weighted by molar-refractivity contribution is 5.86. The summed E-state index contributed by atoms with van der Waals surface area (Å²) >= 11 is 0. The van der Waals surface area contributed by atoms with E-state index in [9.17, 15) is 0 Å². The van der Waals surface area contributed by atoms with Gasteiger partial charge in [-0.3, -0.25) is 0 Å². The Balaban J connectivity index is 1.48. The number of rotatable bonds is 4. The molecule has 140 valence electrons. The van der Waals surface area contributed by atoms with Gasteiger partial charge in [-0.15, -0.1) is 0 Å². The van der Waals surface area contributed by atoms with Gasteiger partial charge in [-0.2, -0.15) is 0 Å². The molecular formula is C21H16N8. The summed E-state index contributed by atoms with van der Waals surface area (Å²) in [6.07, 6.45) is 11.5. The van der Waals surface area contributed by atoms with Gasteiger partial charge in [-0.1, -0.05) is 12.1 Å². The Morgan fingerprint density at radius 2 is 1.55 bits per heavy atom. The number of aromatic amines is 2. The van der Waals surface area contributed by atoms with Crippen LogP contribution in [0.15, 0.2) is 73.8 Å². The fraction of sp³-hybridized carbons (Fsp3) is 0.0476. The molecule has 0 spiro atoms. The summed E-state index contributed by atoms with van der Waals surface area (Å²) in [5, 5.41) is 0. The third-order valence-corrected chi connectivity index (χ3v) is 4.96. The van der Waals surface area contributed by atoms with Crippen LogP contribution >= 0.6 is 0 Å². The number of fused-ring (bicyclic) bond motifs is 2. The van der Waals surface area contributed by atoms with Crippen molar-refractivity contribution in [1.82, 2.24) is 39.0 Å². The largest absolute Gasteiger partial charge is 0.342 e. The van der Waals surface area contributed by atoms with E-state index in [1.165, 1.54) is 0 Å². The molecule has 0 saturated heterocycles. The lowest BCUT2D eigenvalue weighted by Crippen LogP contribution is -1.97. The van der Waals surface area contributed by atoms with Crippen LogP contribution in [0.25, 0.3) is 33.4 Å². The summed E-state index contributed by atoms with van der Waals surface area (Å²) in [7, 11) is 0. The molecule has 0 atom stereocenters. The monoisotopic (exact) mass is 380 g/mol. The Morgan fingerprint density at radius 1 is 0.793 bits per heavy atom. The van der Waals surface area contributed by atoms with Gasteiger partial charge in [0.2, 0.25) is 0 Å². The molecule has 2 N–H and O–H groups in total. The van der Waals surface area contributed by atoms with Gasteiger partial charge in [0, 0.05) is 24.8 Å². The fourth-order valence-electron chi connectivity index (χ4n) is 3.63. The third-order valence-electron chi connectivity index (χ3n) is 4.96. The lowest BCUT2D eigenvalue weighted by Gasteiger charge is -2.08. The highest BCUT2D eigenvalue weighted by Gasteiger charge is 2.14. The van der Waals surface area contributed by atoms with Gasteiger partial charge in [0.15, 0.2) is 0 Å². The van der Waals surface area contributed by atoms with E-state index in [1.807, 2.05) is 45.8 Å². The highest BCUT2D eigenvalue weighted by Crippen LogP contribution is 2.25. The van der Waals surface area contributed by atoms with Gasteiger partial charge in [0.1, 0.15) is 17.2 Å². The second kappa shape index (κ2) is 6.16. The molecule has 0 saturated carbocycles. The van der Waals surface area contributed by atoms with Crippen molar-refractivity contribution in [2.75, 3.05) is 0 Å². The number of para-hydroxylation sites is 2. The number of hydrogen-bond donors (Lipinski definition) is 2. The summed E-state index contributed by atoms with van der Waals surface area (Å²) in [6.45, 7) is 0. The molecule has 29 heavy (non-hydrogen) atoms. The molecule has 6 aromatic rings. The van der Waals surface area contributed by atoms with Crippen LogP contribution < -0.4 is 0 Å². The summed E-state index contributed by atoms with van der Waals surface area (Å²) in [5.41, 5.74) is 5.78. The maximum atomic E-state index is 4.87. The summed E-state index contributed by atoms with van der Waals surface area (Å²) < 4.78 is 3.94. The number of nitrogens with zero attached hydrogens (tertiary/aromatic N) is 6. The first kappa shape index (κ1) is 15.8. The Morgan fingerprint density at radius 3 is 2.34 bits per heavy atom. The second-order valence-corrected chi connectivity index (χ2v) is 6.86. The first-order valence-corrected chi connectivity index (χ1v) is 9.26. The number of imidazole rings is 4. The van der Waals surface area contributed by atoms with Crippen LogP contribution in [0.1, 0.15) is 11.6 Å². The first-order valence-electron chi connectivity index (χ1n) is 9.26. The quantitative estimate of drug-likeness (QED) is 0.490. The molecule has 4 aromatic heterocycles. The molecule has 6 rings (SSSR count). The fourth-order valence-corrected chi connectivity index (χ4v) is 3.63. The van der Waals surface area contributed by atoms with Crippen LogP contribution in [0, 0.1) is 0 Å². The molecule has 0 bridgehead atoms. The molecule has 0 fully saturated rings. The average Bonchev–Trinajstić information content (AvgIpc) is 3.53. The molecule has 2 aromatic carbocycles. The van der Waals surface area contributed by atoms with E-state index in [1.54, 1.807) is 25.0 Å². The van der Waals surface area contributed by atoms with E-state index < -0.39 is 0 Å². The predicted molar refractivity (Wildman–Crippen MR) is 109 cm³/mol. The molecule has 4 heterocycles. The number of hydrogen-bond acceptors (Lipinski definition) is 4. The topological polar surface area (TPSA) is 93.0 Å². The lowest BCUT2D eigenvalue weighted by molar-refractivity contribution is 0.958. The molecule has 0 aliphatic rings. The van der Waals surface area contributed by atoms with Crippen LogP contribution in [-0.2, 0) is 6.42 Å². The van der Waals surface area contributed by atoms with E-state index >= 15 is 0 Å². The highest BCUT2D eigenvalue weighted by atomic mass is 15.1. The van der Waals surface area contributed by atoms with Crippen LogP contribution in [-0.4, -0.2) is 39.0 Å². The Hall–Kier alpha value is -4.20. The molecule has 0 radical (unpaired) electrons. The van der Waals surface area contributed by atoms with Crippen LogP contribution in [0.2, 0.25) is 0 Å². The van der Waals surface area contributed by atoms with Crippen LogP contribution in [0.4, 0.5) is 0 Å². The average molecular weight is 380 g/mol. The minimum Gasteiger partial charge on any atom is -0.342 e. The minimum atomic E-state index is 0.590. The van der Waals surface area contributed by atoms with E-state index in [0.717, 1.165) is 45.1 Å². The molecule has 8 heteroatoms. The van der Waals surface area contributed by atoms with Gasteiger partial charge < -0.3 is 19.1 Å². The zero-order valence-corrected chi connectivity index (χ0v) is 15.3. The molecule has 0 unspecified atom stereocenters. The van der Waals surface area contributed by atoms with Crippen molar-refractivity contribution in [1.29, 1.82) is 0 Å². The van der Waals surface area contributed by atoms with Gasteiger partial charge in [0.25, 0.3) is 0 Å². The lowest BCUT2D eigenvalue weighted by atomic mass is 10.2. The second-order valence-electron chi connectivity index (χ2n) is 6.86. The number of benzene rings is 2. The van der Waals surface area contributed by atoms with Crippen LogP contribution in [0.3, 0.4) is 0 Å². The van der Waals surface area contributed by atoms with Crippen molar-refractivity contribution >= 4 is 22.1 Å². The molecule has 8 nitrogen and oxygen atoms in total. The van der Waals surface area contributed by atoms with Crippen molar-refractivity contribution in [3.8, 4) is 11.4 Å². The maximum absolute atomic E-state index is 4.87. The van der Waals surface area contributed by atoms with Crippen molar-refractivity contribution in [3.05, 3.63) is 85.5 Å². The van der Waals surface area contributed by atoms with Gasteiger partial charge in [-0.05, 0) is 24.3 Å². The van der Waals surface area contributed by atoms with Crippen molar-refractivity contribution in [3.63, 3.8) is 0 Å². The van der Waals surface area contributed by atoms with E-state index in [4.69, 9.17) is 4.98 Å². The molecule has 0 aliphatic carbocycles. The van der Waals surface area contributed by atoms with Crippen molar-refractivity contribution in [2.45, 2.75) is 6.42 Å².